The number of ketones is 1. The van der Waals surface area contributed by atoms with Crippen LogP contribution >= 0.6 is 23.2 Å². The Balaban J connectivity index is 4.01. The molecule has 2 amide bonds. The highest BCUT2D eigenvalue weighted by Crippen LogP contribution is 2.47. The van der Waals surface area contributed by atoms with E-state index in [0.717, 1.165) is 24.0 Å². The number of primary amides is 2. The van der Waals surface area contributed by atoms with Crippen molar-refractivity contribution in [3.05, 3.63) is 28.8 Å². The highest BCUT2D eigenvalue weighted by Gasteiger charge is 2.51. The van der Waals surface area contributed by atoms with Gasteiger partial charge in [-0.15, -0.1) is 11.6 Å². The molecule has 198 valence electrons. The van der Waals surface area contributed by atoms with Gasteiger partial charge in [-0.25, -0.2) is 0 Å². The number of amides is 2. The van der Waals surface area contributed by atoms with Crippen molar-refractivity contribution in [1.29, 1.82) is 0 Å². The Morgan fingerprint density at radius 3 is 1.77 bits per heavy atom. The smallest absolute Gasteiger partial charge is 0.250 e. The summed E-state index contributed by atoms with van der Waals surface area (Å²) in [7, 11) is 0. The molecule has 0 spiro atoms. The first-order valence-corrected chi connectivity index (χ1v) is 12.9. The van der Waals surface area contributed by atoms with Gasteiger partial charge in [-0.2, -0.15) is 0 Å². The Labute approximate surface area is 220 Å². The number of benzene rings is 1. The van der Waals surface area contributed by atoms with E-state index in [2.05, 4.69) is 20.8 Å². The lowest BCUT2D eigenvalue weighted by Gasteiger charge is -2.37. The van der Waals surface area contributed by atoms with Crippen LogP contribution in [-0.2, 0) is 30.1 Å². The lowest BCUT2D eigenvalue weighted by molar-refractivity contribution is -0.135. The van der Waals surface area contributed by atoms with Crippen LogP contribution in [0.3, 0.4) is 0 Å². The lowest BCUT2D eigenvalue weighted by Crippen LogP contribution is -2.49. The fraction of sp³-hybridized carbons (Fsp3) is 0.667. The topological polar surface area (TPSA) is 112 Å². The van der Waals surface area contributed by atoms with Gasteiger partial charge in [0.2, 0.25) is 10.8 Å². The SMILES string of the molecule is CCC(C)(C)c1cc(C(C)(C)CC)c(C(Cl)(C(N)=O)C(=O)C(C)(C)C)cc1OCCC(Cl)C(N)=O. The van der Waals surface area contributed by atoms with Crippen molar-refractivity contribution in [1.82, 2.24) is 0 Å². The Hall–Kier alpha value is -1.79. The largest absolute Gasteiger partial charge is 0.493 e. The van der Waals surface area contributed by atoms with Crippen LogP contribution in [0.25, 0.3) is 0 Å². The first-order chi connectivity index (χ1) is 15.8. The number of ether oxygens (including phenoxy) is 1. The minimum atomic E-state index is -2.09. The molecule has 2 unspecified atom stereocenters. The molecule has 0 saturated carbocycles. The number of carbonyl (C=O) groups excluding carboxylic acids is 3. The van der Waals surface area contributed by atoms with Gasteiger partial charge in [0, 0.05) is 17.4 Å². The molecule has 0 bridgehead atoms. The van der Waals surface area contributed by atoms with Gasteiger partial charge in [0.25, 0.3) is 5.91 Å². The van der Waals surface area contributed by atoms with E-state index < -0.39 is 38.7 Å². The van der Waals surface area contributed by atoms with Gasteiger partial charge >= 0.3 is 0 Å². The molecule has 0 aliphatic heterocycles. The monoisotopic (exact) mass is 528 g/mol. The summed E-state index contributed by atoms with van der Waals surface area (Å²) in [6.45, 7) is 17.6. The van der Waals surface area contributed by atoms with E-state index in [1.807, 2.05) is 26.8 Å². The summed E-state index contributed by atoms with van der Waals surface area (Å²) < 4.78 is 6.11. The molecule has 1 aromatic carbocycles. The molecule has 1 rings (SSSR count). The zero-order chi connectivity index (χ0) is 27.6. The minimum absolute atomic E-state index is 0.110. The number of rotatable bonds is 12. The number of hydrogen-bond donors (Lipinski definition) is 2. The van der Waals surface area contributed by atoms with Crippen LogP contribution in [0.2, 0.25) is 0 Å². The maximum absolute atomic E-state index is 13.6. The fourth-order valence-corrected chi connectivity index (χ4v) is 4.28. The summed E-state index contributed by atoms with van der Waals surface area (Å²) in [6.07, 6.45) is 1.73. The second-order valence-corrected chi connectivity index (χ2v) is 12.6. The molecule has 0 aliphatic carbocycles. The predicted molar refractivity (Wildman–Crippen MR) is 143 cm³/mol. The molecule has 4 N–H and O–H groups in total. The Morgan fingerprint density at radius 2 is 1.37 bits per heavy atom. The summed E-state index contributed by atoms with van der Waals surface area (Å²) in [6, 6.07) is 3.66. The third kappa shape index (κ3) is 6.71. The number of Topliss-reactive ketones (excluding diaryl/α,β-unsaturated/α-hetero) is 1. The predicted octanol–water partition coefficient (Wildman–Crippen LogP) is 5.46. The normalized spacial score (nSPS) is 15.3. The Kier molecular flexibility index (Phi) is 9.89. The molecule has 1 aromatic rings. The average molecular weight is 530 g/mol. The van der Waals surface area contributed by atoms with Crippen molar-refractivity contribution in [3.8, 4) is 5.75 Å². The van der Waals surface area contributed by atoms with E-state index >= 15 is 0 Å². The molecule has 35 heavy (non-hydrogen) atoms. The van der Waals surface area contributed by atoms with E-state index in [-0.39, 0.29) is 18.4 Å². The van der Waals surface area contributed by atoms with Gasteiger partial charge in [-0.05, 0) is 40.9 Å². The van der Waals surface area contributed by atoms with Crippen LogP contribution in [0, 0.1) is 5.41 Å². The number of hydrogen-bond acceptors (Lipinski definition) is 4. The van der Waals surface area contributed by atoms with Crippen molar-refractivity contribution in [2.45, 2.75) is 103 Å². The van der Waals surface area contributed by atoms with Crippen LogP contribution in [0.5, 0.6) is 5.75 Å². The highest BCUT2D eigenvalue weighted by molar-refractivity contribution is 6.46. The van der Waals surface area contributed by atoms with E-state index in [0.29, 0.717) is 11.3 Å². The summed E-state index contributed by atoms with van der Waals surface area (Å²) in [4.78, 5) is 35.7. The number of alkyl halides is 2. The standard InChI is InChI=1S/C27H42Cl2N2O4/c1-10-25(6,7)16-14-18(26(8,9)11-2)20(35-13-12-19(28)21(30)32)15-17(16)27(29,23(31)34)22(33)24(3,4)5/h14-15,19H,10-13H2,1-9H3,(H2,30,32)(H2,31,34). The second kappa shape index (κ2) is 11.1. The molecule has 0 heterocycles. The number of nitrogens with two attached hydrogens (primary N) is 2. The van der Waals surface area contributed by atoms with Crippen LogP contribution in [-0.4, -0.2) is 29.6 Å². The van der Waals surface area contributed by atoms with Gasteiger partial charge in [0.1, 0.15) is 11.1 Å². The van der Waals surface area contributed by atoms with Crippen molar-refractivity contribution < 1.29 is 19.1 Å². The van der Waals surface area contributed by atoms with Crippen molar-refractivity contribution in [3.63, 3.8) is 0 Å². The van der Waals surface area contributed by atoms with Gasteiger partial charge in [-0.3, -0.25) is 14.4 Å². The van der Waals surface area contributed by atoms with Crippen LogP contribution in [0.4, 0.5) is 0 Å². The quantitative estimate of drug-likeness (QED) is 0.277. The lowest BCUT2D eigenvalue weighted by atomic mass is 9.69. The molecule has 0 radical (unpaired) electrons. The highest BCUT2D eigenvalue weighted by atomic mass is 35.5. The number of carbonyl (C=O) groups is 3. The van der Waals surface area contributed by atoms with E-state index in [1.165, 1.54) is 0 Å². The fourth-order valence-electron chi connectivity index (χ4n) is 3.75. The van der Waals surface area contributed by atoms with E-state index in [1.54, 1.807) is 26.8 Å². The summed E-state index contributed by atoms with van der Waals surface area (Å²) in [5.41, 5.74) is 11.4. The van der Waals surface area contributed by atoms with Gasteiger partial charge in [-0.1, -0.05) is 80.0 Å². The molecule has 8 heteroatoms. The van der Waals surface area contributed by atoms with E-state index in [4.69, 9.17) is 39.4 Å². The summed E-state index contributed by atoms with van der Waals surface area (Å²) in [5.74, 6) is -1.59. The first kappa shape index (κ1) is 31.2. The van der Waals surface area contributed by atoms with Crippen LogP contribution in [0.15, 0.2) is 12.1 Å². The molecule has 6 nitrogen and oxygen atoms in total. The van der Waals surface area contributed by atoms with Gasteiger partial charge in [0.05, 0.1) is 6.61 Å². The molecular weight excluding hydrogens is 487 g/mol. The zero-order valence-electron chi connectivity index (χ0n) is 22.6. The summed E-state index contributed by atoms with van der Waals surface area (Å²) in [5, 5.41) is -0.879. The molecule has 0 fully saturated rings. The molecular formula is C27H42Cl2N2O4. The molecule has 0 aromatic heterocycles. The molecule has 0 saturated heterocycles. The second-order valence-electron chi connectivity index (χ2n) is 11.5. The summed E-state index contributed by atoms with van der Waals surface area (Å²) >= 11 is 12.9. The average Bonchev–Trinajstić information content (AvgIpc) is 2.76. The maximum atomic E-state index is 13.6. The van der Waals surface area contributed by atoms with Crippen LogP contribution in [0.1, 0.15) is 98.3 Å². The first-order valence-electron chi connectivity index (χ1n) is 12.1. The van der Waals surface area contributed by atoms with Crippen molar-refractivity contribution in [2.75, 3.05) is 6.61 Å². The minimum Gasteiger partial charge on any atom is -0.493 e. The van der Waals surface area contributed by atoms with Gasteiger partial charge < -0.3 is 16.2 Å². The van der Waals surface area contributed by atoms with Crippen molar-refractivity contribution in [2.24, 2.45) is 16.9 Å². The van der Waals surface area contributed by atoms with E-state index in [9.17, 15) is 14.4 Å². The molecule has 2 atom stereocenters. The number of halogens is 2. The third-order valence-electron chi connectivity index (χ3n) is 6.99. The molecule has 0 aliphatic rings. The third-order valence-corrected chi connectivity index (χ3v) is 7.98. The van der Waals surface area contributed by atoms with Gasteiger partial charge in [0.15, 0.2) is 5.78 Å². The zero-order valence-corrected chi connectivity index (χ0v) is 24.1. The Morgan fingerprint density at radius 1 is 0.886 bits per heavy atom. The van der Waals surface area contributed by atoms with Crippen LogP contribution < -0.4 is 16.2 Å². The Bertz CT molecular complexity index is 967. The maximum Gasteiger partial charge on any atom is 0.250 e. The van der Waals surface area contributed by atoms with Crippen molar-refractivity contribution >= 4 is 40.8 Å².